The number of carbonyl (C=O) groups excluding carboxylic acids is 1. The third kappa shape index (κ3) is 7.51. The van der Waals surface area contributed by atoms with E-state index < -0.39 is 12.2 Å². The molecule has 0 saturated carbocycles. The summed E-state index contributed by atoms with van der Waals surface area (Å²) in [7, 11) is 1.62. The fraction of sp³-hybridized carbons (Fsp3) is 0.333. The summed E-state index contributed by atoms with van der Waals surface area (Å²) < 4.78 is 15.7. The van der Waals surface area contributed by atoms with Crippen LogP contribution in [0.1, 0.15) is 49.9 Å². The van der Waals surface area contributed by atoms with Crippen LogP contribution in [0.25, 0.3) is 0 Å². The van der Waals surface area contributed by atoms with Crippen LogP contribution < -0.4 is 10.1 Å². The first-order chi connectivity index (χ1) is 15.9. The van der Waals surface area contributed by atoms with Gasteiger partial charge in [0.2, 0.25) is 12.8 Å². The van der Waals surface area contributed by atoms with Gasteiger partial charge in [-0.05, 0) is 38.0 Å². The summed E-state index contributed by atoms with van der Waals surface area (Å²) in [5, 5.41) is 13.0. The number of aliphatic imine (C=N–C) groups is 2. The third-order valence-electron chi connectivity index (χ3n) is 4.29. The molecule has 2 aromatic carbocycles. The van der Waals surface area contributed by atoms with Gasteiger partial charge >= 0.3 is 6.16 Å². The maximum atomic E-state index is 11.7. The minimum absolute atomic E-state index is 0.302. The summed E-state index contributed by atoms with van der Waals surface area (Å²) in [4.78, 5) is 20.2. The number of para-hydroxylation sites is 1. The Bertz CT molecular complexity index is 1050. The number of ether oxygens (including phenoxy) is 3. The van der Waals surface area contributed by atoms with Crippen molar-refractivity contribution in [1.29, 1.82) is 5.26 Å². The summed E-state index contributed by atoms with van der Waals surface area (Å²) in [5.41, 5.74) is 1.66. The number of halogens is 1. The Morgan fingerprint density at radius 2 is 1.94 bits per heavy atom. The smallest absolute Gasteiger partial charge is 0.457 e. The van der Waals surface area contributed by atoms with Gasteiger partial charge in [-0.25, -0.2) is 9.79 Å². The normalized spacial score (nSPS) is 12.3. The topological polar surface area (TPSA) is 105 Å². The lowest BCUT2D eigenvalue weighted by atomic mass is 9.96. The molecule has 2 aromatic rings. The molecule has 174 valence electrons. The van der Waals surface area contributed by atoms with E-state index in [1.807, 2.05) is 25.1 Å². The summed E-state index contributed by atoms with van der Waals surface area (Å²) in [6.07, 6.45) is 1.34. The van der Waals surface area contributed by atoms with Crippen LogP contribution in [0.4, 0.5) is 4.79 Å². The number of guanidine groups is 1. The molecule has 0 aromatic heterocycles. The van der Waals surface area contributed by atoms with Gasteiger partial charge in [0.1, 0.15) is 11.8 Å². The number of nitriles is 1. The molecule has 0 bridgehead atoms. The predicted molar refractivity (Wildman–Crippen MR) is 128 cm³/mol. The molecule has 2 rings (SSSR count). The van der Waals surface area contributed by atoms with E-state index in [1.165, 1.54) is 0 Å². The number of carbonyl (C=O) groups is 1. The van der Waals surface area contributed by atoms with Crippen molar-refractivity contribution in [2.75, 3.05) is 13.8 Å². The van der Waals surface area contributed by atoms with Gasteiger partial charge in [-0.2, -0.15) is 5.26 Å². The fourth-order valence-corrected chi connectivity index (χ4v) is 3.14. The molecule has 8 nitrogen and oxygen atoms in total. The molecule has 1 N–H and O–H groups in total. The fourth-order valence-electron chi connectivity index (χ4n) is 2.87. The zero-order valence-corrected chi connectivity index (χ0v) is 19.8. The van der Waals surface area contributed by atoms with Crippen molar-refractivity contribution in [1.82, 2.24) is 5.32 Å². The molecular weight excluding hydrogens is 444 g/mol. The minimum Gasteiger partial charge on any atom is -0.457 e. The standard InChI is InChI=1S/C24H27ClN4O4/c1-5-13-28-23(27-4)29-22(19-11-8-9-17(14-26)21(19)25)18-10-6-7-12-20(18)31-15-32-24(30)33-16(2)3/h6-13,16,22H,5,15H2,1-4H3,(H,27,29)/b28-13-. The van der Waals surface area contributed by atoms with Crippen LogP contribution in [0.5, 0.6) is 5.75 Å². The Morgan fingerprint density at radius 1 is 1.21 bits per heavy atom. The molecule has 0 saturated heterocycles. The van der Waals surface area contributed by atoms with Crippen molar-refractivity contribution in [3.05, 3.63) is 64.2 Å². The number of hydrogen-bond acceptors (Lipinski definition) is 6. The average molecular weight is 471 g/mol. The molecule has 0 heterocycles. The first-order valence-electron chi connectivity index (χ1n) is 10.4. The van der Waals surface area contributed by atoms with E-state index in [0.29, 0.717) is 33.4 Å². The molecule has 1 atom stereocenters. The Morgan fingerprint density at radius 3 is 2.61 bits per heavy atom. The highest BCUT2D eigenvalue weighted by Crippen LogP contribution is 2.35. The molecule has 0 amide bonds. The lowest BCUT2D eigenvalue weighted by molar-refractivity contribution is -0.00849. The second-order valence-electron chi connectivity index (χ2n) is 7.03. The highest BCUT2D eigenvalue weighted by Gasteiger charge is 2.23. The monoisotopic (exact) mass is 470 g/mol. The Balaban J connectivity index is 2.43. The summed E-state index contributed by atoms with van der Waals surface area (Å²) in [5.74, 6) is 0.826. The van der Waals surface area contributed by atoms with Crippen molar-refractivity contribution >= 4 is 29.9 Å². The molecule has 0 spiro atoms. The van der Waals surface area contributed by atoms with Gasteiger partial charge < -0.3 is 19.5 Å². The second-order valence-corrected chi connectivity index (χ2v) is 7.40. The number of rotatable bonds is 8. The molecule has 0 aliphatic heterocycles. The maximum Gasteiger partial charge on any atom is 0.511 e. The molecule has 33 heavy (non-hydrogen) atoms. The minimum atomic E-state index is -0.823. The Kier molecular flexibility index (Phi) is 10.2. The van der Waals surface area contributed by atoms with E-state index >= 15 is 0 Å². The largest absolute Gasteiger partial charge is 0.511 e. The van der Waals surface area contributed by atoms with E-state index in [-0.39, 0.29) is 12.9 Å². The number of nitrogens with zero attached hydrogens (tertiary/aromatic N) is 3. The van der Waals surface area contributed by atoms with E-state index in [0.717, 1.165) is 6.42 Å². The lowest BCUT2D eigenvalue weighted by Gasteiger charge is -2.24. The van der Waals surface area contributed by atoms with Crippen LogP contribution in [0.15, 0.2) is 52.4 Å². The van der Waals surface area contributed by atoms with Crippen LogP contribution in [-0.2, 0) is 9.47 Å². The second kappa shape index (κ2) is 13.1. The number of benzene rings is 2. The Hall–Kier alpha value is -3.57. The highest BCUT2D eigenvalue weighted by atomic mass is 35.5. The third-order valence-corrected chi connectivity index (χ3v) is 4.72. The van der Waals surface area contributed by atoms with Gasteiger partial charge in [0.15, 0.2) is 0 Å². The van der Waals surface area contributed by atoms with Crippen LogP contribution in [-0.4, -0.2) is 38.3 Å². The van der Waals surface area contributed by atoms with Gasteiger partial charge in [-0.3, -0.25) is 4.99 Å². The van der Waals surface area contributed by atoms with Crippen molar-refractivity contribution in [3.63, 3.8) is 0 Å². The van der Waals surface area contributed by atoms with E-state index in [1.54, 1.807) is 51.4 Å². The van der Waals surface area contributed by atoms with Crippen molar-refractivity contribution in [2.45, 2.75) is 39.3 Å². The maximum absolute atomic E-state index is 11.7. The highest BCUT2D eigenvalue weighted by molar-refractivity contribution is 6.32. The molecule has 1 unspecified atom stereocenters. The number of nitrogens with one attached hydrogen (secondary N) is 1. The first kappa shape index (κ1) is 25.7. The van der Waals surface area contributed by atoms with E-state index in [4.69, 9.17) is 25.8 Å². The van der Waals surface area contributed by atoms with Gasteiger partial charge in [-0.1, -0.05) is 48.9 Å². The zero-order valence-electron chi connectivity index (χ0n) is 19.0. The average Bonchev–Trinajstić information content (AvgIpc) is 2.80. The summed E-state index contributed by atoms with van der Waals surface area (Å²) >= 11 is 6.56. The van der Waals surface area contributed by atoms with Crippen LogP contribution in [0, 0.1) is 11.3 Å². The SMILES string of the molecule is CC/C=N\C(=NC)NC(c1ccccc1OCOC(=O)OC(C)C)c1cccc(C#N)c1Cl. The van der Waals surface area contributed by atoms with Crippen LogP contribution in [0.3, 0.4) is 0 Å². The van der Waals surface area contributed by atoms with Gasteiger partial charge in [0.25, 0.3) is 0 Å². The quantitative estimate of drug-likeness (QED) is 0.244. The molecule has 0 radical (unpaired) electrons. The van der Waals surface area contributed by atoms with E-state index in [2.05, 4.69) is 21.4 Å². The molecule has 0 aliphatic carbocycles. The van der Waals surface area contributed by atoms with Gasteiger partial charge in [0.05, 0.1) is 22.7 Å². The van der Waals surface area contributed by atoms with E-state index in [9.17, 15) is 10.1 Å². The molecule has 9 heteroatoms. The molecular formula is C24H27ClN4O4. The molecule has 0 fully saturated rings. The molecule has 0 aliphatic rings. The van der Waals surface area contributed by atoms with Crippen molar-refractivity contribution in [2.24, 2.45) is 9.98 Å². The zero-order chi connectivity index (χ0) is 24.2. The van der Waals surface area contributed by atoms with Crippen LogP contribution >= 0.6 is 11.6 Å². The first-order valence-corrected chi connectivity index (χ1v) is 10.8. The summed E-state index contributed by atoms with van der Waals surface area (Å²) in [6, 6.07) is 13.9. The van der Waals surface area contributed by atoms with Gasteiger partial charge in [-0.15, -0.1) is 0 Å². The Labute approximate surface area is 198 Å². The van der Waals surface area contributed by atoms with Crippen molar-refractivity contribution < 1.29 is 19.0 Å². The van der Waals surface area contributed by atoms with Gasteiger partial charge in [0, 0.05) is 18.8 Å². The summed E-state index contributed by atoms with van der Waals surface area (Å²) in [6.45, 7) is 5.07. The lowest BCUT2D eigenvalue weighted by Crippen LogP contribution is -2.29. The number of hydrogen-bond donors (Lipinski definition) is 1. The van der Waals surface area contributed by atoms with Crippen LogP contribution in [0.2, 0.25) is 5.02 Å². The predicted octanol–water partition coefficient (Wildman–Crippen LogP) is 5.26. The van der Waals surface area contributed by atoms with Crippen molar-refractivity contribution in [3.8, 4) is 11.8 Å².